The van der Waals surface area contributed by atoms with E-state index >= 15 is 0 Å². The number of carbonyl (C=O) groups excluding carboxylic acids is 1. The van der Waals surface area contributed by atoms with Crippen LogP contribution in [0, 0.1) is 35.3 Å². The molecule has 3 nitrogen and oxygen atoms in total. The minimum Gasteiger partial charge on any atom is -0.446 e. The summed E-state index contributed by atoms with van der Waals surface area (Å²) in [6.45, 7) is 7.83. The topological polar surface area (TPSA) is 29.5 Å². The zero-order valence-corrected chi connectivity index (χ0v) is 20.6. The van der Waals surface area contributed by atoms with Gasteiger partial charge < -0.3 is 9.64 Å². The molecule has 2 aromatic rings. The maximum Gasteiger partial charge on any atom is 0.410 e. The summed E-state index contributed by atoms with van der Waals surface area (Å²) in [7, 11) is 0. The van der Waals surface area contributed by atoms with Gasteiger partial charge in [0.1, 0.15) is 17.7 Å². The number of benzene rings is 2. The first-order valence-corrected chi connectivity index (χ1v) is 12.8. The Morgan fingerprint density at radius 2 is 1.65 bits per heavy atom. The second kappa shape index (κ2) is 10.9. The first kappa shape index (κ1) is 24.7. The highest BCUT2D eigenvalue weighted by Gasteiger charge is 2.37. The third-order valence-corrected chi connectivity index (χ3v) is 7.82. The second-order valence-electron chi connectivity index (χ2n) is 10.7. The van der Waals surface area contributed by atoms with Crippen LogP contribution in [0.4, 0.5) is 13.6 Å². The summed E-state index contributed by atoms with van der Waals surface area (Å²) in [6.07, 6.45) is 4.64. The van der Waals surface area contributed by atoms with E-state index in [2.05, 4.69) is 20.8 Å². The van der Waals surface area contributed by atoms with E-state index in [1.165, 1.54) is 30.7 Å². The fourth-order valence-electron chi connectivity index (χ4n) is 6.04. The van der Waals surface area contributed by atoms with Crippen LogP contribution in [-0.2, 0) is 4.74 Å². The summed E-state index contributed by atoms with van der Waals surface area (Å²) < 4.78 is 34.4. The predicted molar refractivity (Wildman–Crippen MR) is 131 cm³/mol. The molecule has 0 bridgehead atoms. The first-order valence-electron chi connectivity index (χ1n) is 12.8. The van der Waals surface area contributed by atoms with Gasteiger partial charge in [0.25, 0.3) is 0 Å². The lowest BCUT2D eigenvalue weighted by molar-refractivity contribution is -0.0153. The Kier molecular flexibility index (Phi) is 7.90. The van der Waals surface area contributed by atoms with Crippen LogP contribution >= 0.6 is 0 Å². The minimum absolute atomic E-state index is 0.0427. The molecule has 0 unspecified atom stereocenters. The molecule has 0 spiro atoms. The van der Waals surface area contributed by atoms with E-state index < -0.39 is 0 Å². The maximum absolute atomic E-state index is 14.1. The van der Waals surface area contributed by atoms with Crippen LogP contribution in [-0.4, -0.2) is 30.2 Å². The molecule has 0 radical (unpaired) electrons. The average molecular weight is 470 g/mol. The van der Waals surface area contributed by atoms with Crippen LogP contribution in [0.3, 0.4) is 0 Å². The summed E-state index contributed by atoms with van der Waals surface area (Å²) >= 11 is 0. The van der Waals surface area contributed by atoms with Crippen molar-refractivity contribution in [2.75, 3.05) is 13.1 Å². The molecule has 4 atom stereocenters. The Hall–Kier alpha value is -2.43. The minimum atomic E-state index is -0.308. The van der Waals surface area contributed by atoms with Crippen molar-refractivity contribution in [1.82, 2.24) is 4.90 Å². The number of halogens is 2. The van der Waals surface area contributed by atoms with E-state index in [0.717, 1.165) is 36.8 Å². The lowest BCUT2D eigenvalue weighted by Gasteiger charge is -2.40. The lowest BCUT2D eigenvalue weighted by atomic mass is 9.75. The van der Waals surface area contributed by atoms with Gasteiger partial charge in [-0.3, -0.25) is 0 Å². The maximum atomic E-state index is 14.1. The molecule has 1 aliphatic carbocycles. The van der Waals surface area contributed by atoms with Crippen LogP contribution in [0.15, 0.2) is 48.5 Å². The van der Waals surface area contributed by atoms with Crippen molar-refractivity contribution in [3.63, 3.8) is 0 Å². The molecule has 1 saturated heterocycles. The summed E-state index contributed by atoms with van der Waals surface area (Å²) in [5, 5.41) is 0. The van der Waals surface area contributed by atoms with Crippen LogP contribution in [0.5, 0.6) is 0 Å². The fourth-order valence-corrected chi connectivity index (χ4v) is 6.04. The SMILES string of the molecule is CC(C)[C@@H]1CC[C@@H](C)C[C@H]1OC(=O)N1CCC[C@@H](C(c2cccc(F)c2)c2cccc(F)c2)C1. The number of amides is 1. The van der Waals surface area contributed by atoms with Gasteiger partial charge in [-0.15, -0.1) is 0 Å². The Bertz CT molecular complexity index is 933. The third-order valence-electron chi connectivity index (χ3n) is 7.82. The van der Waals surface area contributed by atoms with Crippen molar-refractivity contribution in [2.24, 2.45) is 23.7 Å². The van der Waals surface area contributed by atoms with Crippen LogP contribution in [0.25, 0.3) is 0 Å². The van der Waals surface area contributed by atoms with E-state index in [4.69, 9.17) is 4.74 Å². The van der Waals surface area contributed by atoms with E-state index in [9.17, 15) is 13.6 Å². The Morgan fingerprint density at radius 1 is 1.00 bits per heavy atom. The monoisotopic (exact) mass is 469 g/mol. The van der Waals surface area contributed by atoms with E-state index in [-0.39, 0.29) is 35.7 Å². The smallest absolute Gasteiger partial charge is 0.410 e. The molecule has 5 heteroatoms. The number of hydrogen-bond donors (Lipinski definition) is 0. The van der Waals surface area contributed by atoms with Gasteiger partial charge in [0.15, 0.2) is 0 Å². The van der Waals surface area contributed by atoms with Crippen molar-refractivity contribution >= 4 is 6.09 Å². The largest absolute Gasteiger partial charge is 0.446 e. The van der Waals surface area contributed by atoms with E-state index in [1.54, 1.807) is 12.1 Å². The predicted octanol–water partition coefficient (Wildman–Crippen LogP) is 7.41. The second-order valence-corrected chi connectivity index (χ2v) is 10.7. The van der Waals surface area contributed by atoms with Crippen LogP contribution in [0.2, 0.25) is 0 Å². The molecular formula is C29H37F2NO2. The van der Waals surface area contributed by atoms with Gasteiger partial charge in [-0.05, 0) is 84.7 Å². The Labute approximate surface area is 202 Å². The highest BCUT2D eigenvalue weighted by molar-refractivity contribution is 5.68. The van der Waals surface area contributed by atoms with E-state index in [1.807, 2.05) is 17.0 Å². The summed E-state index contributed by atoms with van der Waals surface area (Å²) in [5.41, 5.74) is 1.62. The molecule has 4 rings (SSSR count). The first-order chi connectivity index (χ1) is 16.3. The summed E-state index contributed by atoms with van der Waals surface area (Å²) in [5.74, 6) is 0.676. The zero-order valence-electron chi connectivity index (χ0n) is 20.6. The number of piperidine rings is 1. The normalized spacial score (nSPS) is 25.6. The Balaban J connectivity index is 1.54. The molecule has 1 saturated carbocycles. The molecular weight excluding hydrogens is 432 g/mol. The van der Waals surface area contributed by atoms with Crippen molar-refractivity contribution in [1.29, 1.82) is 0 Å². The number of nitrogens with zero attached hydrogens (tertiary/aromatic N) is 1. The van der Waals surface area contributed by atoms with Gasteiger partial charge in [-0.2, -0.15) is 0 Å². The summed E-state index contributed by atoms with van der Waals surface area (Å²) in [4.78, 5) is 15.1. The molecule has 2 aliphatic rings. The number of ether oxygens (including phenoxy) is 1. The number of likely N-dealkylation sites (tertiary alicyclic amines) is 1. The molecule has 184 valence electrons. The van der Waals surface area contributed by atoms with Gasteiger partial charge in [0, 0.05) is 19.0 Å². The number of carbonyl (C=O) groups is 1. The van der Waals surface area contributed by atoms with Crippen molar-refractivity contribution in [3.05, 3.63) is 71.3 Å². The van der Waals surface area contributed by atoms with Crippen molar-refractivity contribution in [3.8, 4) is 0 Å². The zero-order chi connectivity index (χ0) is 24.2. The molecule has 34 heavy (non-hydrogen) atoms. The number of hydrogen-bond acceptors (Lipinski definition) is 2. The molecule has 0 N–H and O–H groups in total. The van der Waals surface area contributed by atoms with Crippen LogP contribution < -0.4 is 0 Å². The standard InChI is InChI=1S/C29H37F2NO2/c1-19(2)26-13-12-20(3)15-27(26)34-29(33)32-14-6-9-23(18-32)28(21-7-4-10-24(30)16-21)22-8-5-11-25(31)17-22/h4-5,7-8,10-11,16-17,19-20,23,26-28H,6,9,12-15,18H2,1-3H3/t20-,23-,26+,27-/m1/s1. The van der Waals surface area contributed by atoms with Crippen molar-refractivity contribution < 1.29 is 18.3 Å². The molecule has 2 aromatic carbocycles. The lowest BCUT2D eigenvalue weighted by Crippen LogP contribution is -2.45. The highest BCUT2D eigenvalue weighted by Crippen LogP contribution is 2.39. The average Bonchev–Trinajstić information content (AvgIpc) is 2.79. The van der Waals surface area contributed by atoms with Gasteiger partial charge in [0.05, 0.1) is 0 Å². The van der Waals surface area contributed by atoms with Crippen LogP contribution in [0.1, 0.15) is 69.9 Å². The molecule has 1 amide bonds. The van der Waals surface area contributed by atoms with Gasteiger partial charge in [-0.25, -0.2) is 13.6 Å². The molecule has 2 fully saturated rings. The fraction of sp³-hybridized carbons (Fsp3) is 0.552. The highest BCUT2D eigenvalue weighted by atomic mass is 19.1. The number of rotatable bonds is 5. The van der Waals surface area contributed by atoms with Crippen molar-refractivity contribution in [2.45, 2.75) is 64.9 Å². The molecule has 1 aliphatic heterocycles. The van der Waals surface area contributed by atoms with E-state index in [0.29, 0.717) is 30.8 Å². The van der Waals surface area contributed by atoms with Gasteiger partial charge in [0.2, 0.25) is 0 Å². The van der Waals surface area contributed by atoms with Gasteiger partial charge in [-0.1, -0.05) is 51.5 Å². The van der Waals surface area contributed by atoms with Gasteiger partial charge >= 0.3 is 6.09 Å². The third kappa shape index (κ3) is 5.79. The molecule has 0 aromatic heterocycles. The Morgan fingerprint density at radius 3 is 2.24 bits per heavy atom. The summed E-state index contributed by atoms with van der Waals surface area (Å²) in [6, 6.07) is 13.1. The molecule has 1 heterocycles. The quantitative estimate of drug-likeness (QED) is 0.456.